The molecule has 4 rings (SSSR count). The molecule has 0 fully saturated rings. The van der Waals surface area contributed by atoms with Crippen LogP contribution < -0.4 is 5.73 Å². The van der Waals surface area contributed by atoms with Gasteiger partial charge in [-0.2, -0.15) is 0 Å². The van der Waals surface area contributed by atoms with E-state index in [2.05, 4.69) is 4.98 Å². The Hall–Kier alpha value is -3.13. The number of hydrogen-bond donors (Lipinski definition) is 2. The molecule has 0 saturated heterocycles. The number of aldehydes is 1. The predicted octanol–water partition coefficient (Wildman–Crippen LogP) is 3.18. The minimum atomic E-state index is -4.16. The summed E-state index contributed by atoms with van der Waals surface area (Å²) in [6, 6.07) is 20.2. The fraction of sp³-hybridized carbons (Fsp3) is 0.167. The molecule has 0 bridgehead atoms. The molecule has 0 radical (unpaired) electrons. The van der Waals surface area contributed by atoms with Gasteiger partial charge >= 0.3 is 0 Å². The number of rotatable bonds is 7. The topological polar surface area (TPSA) is 110 Å². The fourth-order valence-corrected chi connectivity index (χ4v) is 6.10. The van der Waals surface area contributed by atoms with Crippen molar-refractivity contribution in [3.8, 4) is 0 Å². The Morgan fingerprint density at radius 3 is 2.42 bits per heavy atom. The number of nitrogens with two attached hydrogens (primary N) is 1. The third-order valence-corrected chi connectivity index (χ3v) is 7.78. The Balaban J connectivity index is 1.91. The van der Waals surface area contributed by atoms with Crippen LogP contribution in [0, 0.1) is 0 Å². The molecular weight excluding hydrogens is 412 g/mol. The van der Waals surface area contributed by atoms with Crippen LogP contribution in [-0.4, -0.2) is 36.1 Å². The molecule has 31 heavy (non-hydrogen) atoms. The summed E-state index contributed by atoms with van der Waals surface area (Å²) in [7, 11) is -4.16. The summed E-state index contributed by atoms with van der Waals surface area (Å²) in [4.78, 5) is 15.4. The zero-order chi connectivity index (χ0) is 22.0. The van der Waals surface area contributed by atoms with Crippen LogP contribution in [-0.2, 0) is 14.6 Å². The number of fused-ring (bicyclic) bond motifs is 2. The highest BCUT2D eigenvalue weighted by Crippen LogP contribution is 2.34. The number of benzene rings is 3. The first kappa shape index (κ1) is 21.1. The van der Waals surface area contributed by atoms with Gasteiger partial charge in [0.25, 0.3) is 0 Å². The highest BCUT2D eigenvalue weighted by molar-refractivity contribution is 7.92. The third kappa shape index (κ3) is 3.83. The van der Waals surface area contributed by atoms with Crippen molar-refractivity contribution in [2.45, 2.75) is 28.7 Å². The summed E-state index contributed by atoms with van der Waals surface area (Å²) < 4.78 is 27.6. The van der Waals surface area contributed by atoms with Crippen LogP contribution in [0.25, 0.3) is 21.7 Å². The standard InChI is InChI=1S/C24H22N2O4S/c25-22(19-11-3-7-16-6-1-2-10-18(16)19)24(20(28)13-15-27)31(29,30)21-12-4-8-17-9-5-14-26-23(17)21/h1-12,14-15,20,22,24,28H,13,25H2/t20-,22+,24?/m0/s1. The average molecular weight is 435 g/mol. The molecule has 4 aromatic rings. The molecule has 7 heteroatoms. The van der Waals surface area contributed by atoms with Gasteiger partial charge in [0.2, 0.25) is 0 Å². The van der Waals surface area contributed by atoms with Gasteiger partial charge in [-0.1, -0.05) is 60.7 Å². The van der Waals surface area contributed by atoms with Crippen molar-refractivity contribution in [1.82, 2.24) is 4.98 Å². The number of aliphatic hydroxyl groups excluding tert-OH is 1. The second kappa shape index (κ2) is 8.55. The van der Waals surface area contributed by atoms with Crippen molar-refractivity contribution in [3.63, 3.8) is 0 Å². The van der Waals surface area contributed by atoms with E-state index in [-0.39, 0.29) is 11.3 Å². The minimum absolute atomic E-state index is 0.0174. The third-order valence-electron chi connectivity index (χ3n) is 5.51. The number of hydrogen-bond acceptors (Lipinski definition) is 6. The molecule has 1 heterocycles. The summed E-state index contributed by atoms with van der Waals surface area (Å²) in [6.07, 6.45) is 0.198. The van der Waals surface area contributed by atoms with E-state index in [9.17, 15) is 18.3 Å². The summed E-state index contributed by atoms with van der Waals surface area (Å²) in [5, 5.41) is 11.7. The predicted molar refractivity (Wildman–Crippen MR) is 120 cm³/mol. The van der Waals surface area contributed by atoms with E-state index in [1.54, 1.807) is 36.4 Å². The number of para-hydroxylation sites is 1. The molecule has 0 spiro atoms. The van der Waals surface area contributed by atoms with Gasteiger partial charge in [0, 0.05) is 18.0 Å². The maximum atomic E-state index is 13.8. The van der Waals surface area contributed by atoms with E-state index in [1.807, 2.05) is 30.3 Å². The van der Waals surface area contributed by atoms with Crippen molar-refractivity contribution >= 4 is 37.8 Å². The van der Waals surface area contributed by atoms with Gasteiger partial charge in [-0.25, -0.2) is 8.42 Å². The number of carbonyl (C=O) groups is 1. The molecule has 0 aliphatic carbocycles. The minimum Gasteiger partial charge on any atom is -0.391 e. The van der Waals surface area contributed by atoms with Crippen molar-refractivity contribution < 1.29 is 18.3 Å². The second-order valence-electron chi connectivity index (χ2n) is 7.40. The molecule has 3 N–H and O–H groups in total. The zero-order valence-electron chi connectivity index (χ0n) is 16.6. The van der Waals surface area contributed by atoms with Gasteiger partial charge in [-0.15, -0.1) is 0 Å². The first-order valence-corrected chi connectivity index (χ1v) is 11.4. The second-order valence-corrected chi connectivity index (χ2v) is 9.48. The number of sulfone groups is 1. The summed E-state index contributed by atoms with van der Waals surface area (Å²) in [6.45, 7) is 0. The van der Waals surface area contributed by atoms with E-state index in [4.69, 9.17) is 5.73 Å². The summed E-state index contributed by atoms with van der Waals surface area (Å²) in [5.41, 5.74) is 7.42. The lowest BCUT2D eigenvalue weighted by molar-refractivity contribution is -0.109. The van der Waals surface area contributed by atoms with E-state index in [0.29, 0.717) is 22.8 Å². The van der Waals surface area contributed by atoms with Gasteiger partial charge < -0.3 is 15.6 Å². The van der Waals surface area contributed by atoms with Crippen LogP contribution in [0.3, 0.4) is 0 Å². The van der Waals surface area contributed by atoms with E-state index in [0.717, 1.165) is 10.8 Å². The quantitative estimate of drug-likeness (QED) is 0.432. The van der Waals surface area contributed by atoms with Gasteiger partial charge in [0.05, 0.1) is 22.6 Å². The van der Waals surface area contributed by atoms with E-state index < -0.39 is 27.2 Å². The Labute approximate surface area is 180 Å². The largest absolute Gasteiger partial charge is 0.391 e. The first-order chi connectivity index (χ1) is 14.9. The lowest BCUT2D eigenvalue weighted by atomic mass is 9.94. The molecule has 6 nitrogen and oxygen atoms in total. The maximum absolute atomic E-state index is 13.8. The van der Waals surface area contributed by atoms with Crippen LogP contribution in [0.1, 0.15) is 18.0 Å². The zero-order valence-corrected chi connectivity index (χ0v) is 17.4. The monoisotopic (exact) mass is 434 g/mol. The average Bonchev–Trinajstić information content (AvgIpc) is 2.78. The molecule has 158 valence electrons. The number of aliphatic hydroxyl groups is 1. The van der Waals surface area contributed by atoms with Gasteiger partial charge in [-0.05, 0) is 28.5 Å². The molecule has 1 unspecified atom stereocenters. The highest BCUT2D eigenvalue weighted by Gasteiger charge is 2.40. The molecular formula is C24H22N2O4S. The number of carbonyl (C=O) groups excluding carboxylic acids is 1. The van der Waals surface area contributed by atoms with Gasteiger partial charge in [0.15, 0.2) is 9.84 Å². The fourth-order valence-electron chi connectivity index (χ4n) is 4.04. The smallest absolute Gasteiger partial charge is 0.187 e. The summed E-state index contributed by atoms with van der Waals surface area (Å²) in [5.74, 6) is 0. The molecule has 0 saturated carbocycles. The van der Waals surface area contributed by atoms with Crippen molar-refractivity contribution in [1.29, 1.82) is 0 Å². The van der Waals surface area contributed by atoms with Crippen molar-refractivity contribution in [2.75, 3.05) is 0 Å². The Kier molecular flexibility index (Phi) is 5.82. The SMILES string of the molecule is N[C@H](c1cccc2ccccc12)C([C@@H](O)CC=O)S(=O)(=O)c1cccc2cccnc12. The molecule has 0 aliphatic rings. The van der Waals surface area contributed by atoms with Crippen LogP contribution >= 0.6 is 0 Å². The first-order valence-electron chi connectivity index (χ1n) is 9.87. The van der Waals surface area contributed by atoms with Crippen molar-refractivity contribution in [3.05, 3.63) is 84.6 Å². The molecule has 3 atom stereocenters. The molecule has 3 aromatic carbocycles. The molecule has 1 aromatic heterocycles. The van der Waals surface area contributed by atoms with Crippen LogP contribution in [0.15, 0.2) is 83.9 Å². The lowest BCUT2D eigenvalue weighted by Crippen LogP contribution is -2.43. The van der Waals surface area contributed by atoms with Gasteiger partial charge in [-0.3, -0.25) is 4.98 Å². The highest BCUT2D eigenvalue weighted by atomic mass is 32.2. The Morgan fingerprint density at radius 2 is 1.61 bits per heavy atom. The molecule has 0 amide bonds. The number of aromatic nitrogens is 1. The lowest BCUT2D eigenvalue weighted by Gasteiger charge is -2.29. The Morgan fingerprint density at radius 1 is 0.935 bits per heavy atom. The maximum Gasteiger partial charge on any atom is 0.187 e. The normalized spacial score (nSPS) is 14.9. The summed E-state index contributed by atoms with van der Waals surface area (Å²) >= 11 is 0. The number of nitrogens with zero attached hydrogens (tertiary/aromatic N) is 1. The van der Waals surface area contributed by atoms with Gasteiger partial charge in [0.1, 0.15) is 11.5 Å². The van der Waals surface area contributed by atoms with Crippen LogP contribution in [0.5, 0.6) is 0 Å². The van der Waals surface area contributed by atoms with E-state index >= 15 is 0 Å². The van der Waals surface area contributed by atoms with Crippen LogP contribution in [0.4, 0.5) is 0 Å². The molecule has 0 aliphatic heterocycles. The number of pyridine rings is 1. The van der Waals surface area contributed by atoms with E-state index in [1.165, 1.54) is 12.3 Å². The van der Waals surface area contributed by atoms with Crippen LogP contribution in [0.2, 0.25) is 0 Å². The van der Waals surface area contributed by atoms with Crippen molar-refractivity contribution in [2.24, 2.45) is 5.73 Å². The Bertz CT molecular complexity index is 1340.